The number of rotatable bonds is 2. The van der Waals surface area contributed by atoms with Gasteiger partial charge < -0.3 is 5.43 Å². The Morgan fingerprint density at radius 1 is 1.46 bits per heavy atom. The molecule has 0 aromatic heterocycles. The predicted molar refractivity (Wildman–Crippen MR) is 48.1 cm³/mol. The van der Waals surface area contributed by atoms with Gasteiger partial charge in [0.05, 0.1) is 16.7 Å². The molecule has 0 spiro atoms. The van der Waals surface area contributed by atoms with Crippen LogP contribution in [0.2, 0.25) is 0 Å². The Bertz CT molecular complexity index is 321. The summed E-state index contributed by atoms with van der Waals surface area (Å²) in [6, 6.07) is 3.02. The highest BCUT2D eigenvalue weighted by Crippen LogP contribution is 2.18. The molecule has 5 nitrogen and oxygen atoms in total. The van der Waals surface area contributed by atoms with Crippen LogP contribution in [-0.2, 0) is 0 Å². The Hall–Kier alpha value is -1.40. The van der Waals surface area contributed by atoms with Crippen LogP contribution in [-0.4, -0.2) is 4.92 Å². The Morgan fingerprint density at radius 2 is 2.08 bits per heavy atom. The lowest BCUT2D eigenvalue weighted by Crippen LogP contribution is -2.07. The third-order valence-electron chi connectivity index (χ3n) is 1.26. The van der Waals surface area contributed by atoms with Crippen molar-refractivity contribution in [3.05, 3.63) is 34.1 Å². The highest BCUT2D eigenvalue weighted by molar-refractivity contribution is 5.85. The van der Waals surface area contributed by atoms with E-state index in [1.165, 1.54) is 0 Å². The molecule has 1 rings (SSSR count). The predicted octanol–water partition coefficient (Wildman–Crippen LogP) is 1.44. The zero-order valence-electron chi connectivity index (χ0n) is 6.36. The van der Waals surface area contributed by atoms with E-state index in [1.807, 2.05) is 0 Å². The number of nitrogens with one attached hydrogen (secondary N) is 1. The monoisotopic (exact) mass is 207 g/mol. The third kappa shape index (κ3) is 2.85. The lowest BCUT2D eigenvalue weighted by atomic mass is 10.3. The fourth-order valence-corrected chi connectivity index (χ4v) is 0.763. The highest BCUT2D eigenvalue weighted by atomic mass is 35.5. The van der Waals surface area contributed by atoms with Crippen LogP contribution in [0.25, 0.3) is 0 Å². The molecule has 0 saturated heterocycles. The minimum atomic E-state index is -0.697. The van der Waals surface area contributed by atoms with Crippen LogP contribution in [0.5, 0.6) is 0 Å². The summed E-state index contributed by atoms with van der Waals surface area (Å²) in [7, 11) is 0. The summed E-state index contributed by atoms with van der Waals surface area (Å²) in [4.78, 5) is 9.50. The van der Waals surface area contributed by atoms with Gasteiger partial charge in [-0.25, -0.2) is 4.39 Å². The SMILES string of the molecule is Cl.NNc1cc(F)cc([N+](=O)[O-])c1. The molecular weight excluding hydrogens is 201 g/mol. The maximum absolute atomic E-state index is 12.6. The summed E-state index contributed by atoms with van der Waals surface area (Å²) >= 11 is 0. The number of hydrogen-bond donors (Lipinski definition) is 2. The molecule has 1 aromatic rings. The van der Waals surface area contributed by atoms with Crippen molar-refractivity contribution in [2.24, 2.45) is 5.84 Å². The first-order chi connectivity index (χ1) is 5.63. The van der Waals surface area contributed by atoms with E-state index in [1.54, 1.807) is 0 Å². The molecule has 0 fully saturated rings. The number of non-ortho nitro benzene ring substituents is 1. The number of nitro benzene ring substituents is 1. The summed E-state index contributed by atoms with van der Waals surface area (Å²) in [5, 5.41) is 10.2. The van der Waals surface area contributed by atoms with E-state index in [-0.39, 0.29) is 23.8 Å². The van der Waals surface area contributed by atoms with Crippen molar-refractivity contribution in [2.45, 2.75) is 0 Å². The van der Waals surface area contributed by atoms with Gasteiger partial charge in [-0.2, -0.15) is 0 Å². The third-order valence-corrected chi connectivity index (χ3v) is 1.26. The summed E-state index contributed by atoms with van der Waals surface area (Å²) in [6.07, 6.45) is 0. The number of nitro groups is 1. The number of nitrogens with two attached hydrogens (primary N) is 1. The number of nitrogens with zero attached hydrogens (tertiary/aromatic N) is 1. The first-order valence-corrected chi connectivity index (χ1v) is 3.05. The van der Waals surface area contributed by atoms with Gasteiger partial charge in [0.25, 0.3) is 5.69 Å². The van der Waals surface area contributed by atoms with Gasteiger partial charge in [-0.1, -0.05) is 0 Å². The van der Waals surface area contributed by atoms with E-state index in [0.29, 0.717) is 0 Å². The summed E-state index contributed by atoms with van der Waals surface area (Å²) in [5.41, 5.74) is 1.96. The molecule has 7 heteroatoms. The molecule has 0 atom stereocenters. The molecule has 1 aromatic carbocycles. The number of nitrogen functional groups attached to an aromatic ring is 1. The Balaban J connectivity index is 0.00000144. The van der Waals surface area contributed by atoms with Crippen LogP contribution in [0.3, 0.4) is 0 Å². The van der Waals surface area contributed by atoms with Crippen molar-refractivity contribution >= 4 is 23.8 Å². The molecule has 0 heterocycles. The van der Waals surface area contributed by atoms with Crippen molar-refractivity contribution < 1.29 is 9.31 Å². The fraction of sp³-hybridized carbons (Fsp3) is 0. The van der Waals surface area contributed by atoms with Crippen molar-refractivity contribution in [2.75, 3.05) is 5.43 Å². The number of hydrazine groups is 1. The van der Waals surface area contributed by atoms with Gasteiger partial charge >= 0.3 is 0 Å². The van der Waals surface area contributed by atoms with Gasteiger partial charge in [0.2, 0.25) is 0 Å². The lowest BCUT2D eigenvalue weighted by Gasteiger charge is -1.98. The van der Waals surface area contributed by atoms with Gasteiger partial charge in [-0.05, 0) is 6.07 Å². The van der Waals surface area contributed by atoms with Crippen molar-refractivity contribution in [3.63, 3.8) is 0 Å². The quantitative estimate of drug-likeness (QED) is 0.437. The Labute approximate surface area is 79.3 Å². The van der Waals surface area contributed by atoms with E-state index < -0.39 is 10.7 Å². The number of hydrogen-bond acceptors (Lipinski definition) is 4. The van der Waals surface area contributed by atoms with E-state index in [9.17, 15) is 14.5 Å². The number of benzene rings is 1. The second-order valence-electron chi connectivity index (χ2n) is 2.10. The van der Waals surface area contributed by atoms with Crippen LogP contribution >= 0.6 is 12.4 Å². The van der Waals surface area contributed by atoms with Crippen LogP contribution in [0.15, 0.2) is 18.2 Å². The molecule has 3 N–H and O–H groups in total. The topological polar surface area (TPSA) is 81.2 Å². The first kappa shape index (κ1) is 11.6. The number of halogens is 2. The van der Waals surface area contributed by atoms with E-state index >= 15 is 0 Å². The average Bonchev–Trinajstić information content (AvgIpc) is 2.03. The minimum absolute atomic E-state index is 0. The van der Waals surface area contributed by atoms with Crippen molar-refractivity contribution in [1.82, 2.24) is 0 Å². The molecule has 0 aliphatic carbocycles. The molecule has 72 valence electrons. The average molecular weight is 208 g/mol. The smallest absolute Gasteiger partial charge is 0.274 e. The van der Waals surface area contributed by atoms with Gasteiger partial charge in [-0.15, -0.1) is 12.4 Å². The summed E-state index contributed by atoms with van der Waals surface area (Å²) < 4.78 is 12.6. The summed E-state index contributed by atoms with van der Waals surface area (Å²) in [5.74, 6) is 4.25. The van der Waals surface area contributed by atoms with Crippen molar-refractivity contribution in [1.29, 1.82) is 0 Å². The molecule has 0 radical (unpaired) electrons. The highest BCUT2D eigenvalue weighted by Gasteiger charge is 2.08. The largest absolute Gasteiger partial charge is 0.324 e. The molecule has 13 heavy (non-hydrogen) atoms. The molecule has 0 amide bonds. The van der Waals surface area contributed by atoms with E-state index in [4.69, 9.17) is 5.84 Å². The van der Waals surface area contributed by atoms with Gasteiger partial charge in [0.15, 0.2) is 0 Å². The zero-order chi connectivity index (χ0) is 9.14. The molecule has 0 saturated carbocycles. The lowest BCUT2D eigenvalue weighted by molar-refractivity contribution is -0.385. The van der Waals surface area contributed by atoms with Crippen LogP contribution in [0.4, 0.5) is 15.8 Å². The van der Waals surface area contributed by atoms with Crippen LogP contribution in [0, 0.1) is 15.9 Å². The maximum Gasteiger partial charge on any atom is 0.274 e. The molecule has 0 aliphatic rings. The molecule has 0 aliphatic heterocycles. The summed E-state index contributed by atoms with van der Waals surface area (Å²) in [6.45, 7) is 0. The number of anilines is 1. The van der Waals surface area contributed by atoms with Gasteiger partial charge in [0, 0.05) is 6.07 Å². The molecular formula is C6H7ClFN3O2. The second-order valence-corrected chi connectivity index (χ2v) is 2.10. The van der Waals surface area contributed by atoms with E-state index in [0.717, 1.165) is 18.2 Å². The van der Waals surface area contributed by atoms with Crippen LogP contribution < -0.4 is 11.3 Å². The van der Waals surface area contributed by atoms with Gasteiger partial charge in [0.1, 0.15) is 5.82 Å². The zero-order valence-corrected chi connectivity index (χ0v) is 7.18. The minimum Gasteiger partial charge on any atom is -0.324 e. The van der Waals surface area contributed by atoms with Crippen molar-refractivity contribution in [3.8, 4) is 0 Å². The van der Waals surface area contributed by atoms with Gasteiger partial charge in [-0.3, -0.25) is 16.0 Å². The molecule has 0 bridgehead atoms. The second kappa shape index (κ2) is 4.58. The van der Waals surface area contributed by atoms with E-state index in [2.05, 4.69) is 5.43 Å². The first-order valence-electron chi connectivity index (χ1n) is 3.05. The standard InChI is InChI=1S/C6H6FN3O2.ClH/c7-4-1-5(9-8)3-6(2-4)10(11)12;/h1-3,9H,8H2;1H. The fourth-order valence-electron chi connectivity index (χ4n) is 0.763. The maximum atomic E-state index is 12.6. The normalized spacial score (nSPS) is 8.77. The Morgan fingerprint density at radius 3 is 2.54 bits per heavy atom. The Kier molecular flexibility index (Phi) is 4.09. The van der Waals surface area contributed by atoms with Crippen LogP contribution in [0.1, 0.15) is 0 Å². The molecule has 0 unspecified atom stereocenters.